The molecule has 0 aliphatic carbocycles. The first-order valence-electron chi connectivity index (χ1n) is 8.23. The van der Waals surface area contributed by atoms with Crippen molar-refractivity contribution in [3.63, 3.8) is 0 Å². The van der Waals surface area contributed by atoms with E-state index in [0.717, 1.165) is 10.4 Å². The second kappa shape index (κ2) is 7.68. The van der Waals surface area contributed by atoms with E-state index in [1.807, 2.05) is 47.8 Å². The summed E-state index contributed by atoms with van der Waals surface area (Å²) in [6.07, 6.45) is -0.549. The number of sulfone groups is 1. The number of hydrogen-bond donors (Lipinski definition) is 1. The quantitative estimate of drug-likeness (QED) is 0.882. The molecule has 1 aliphatic rings. The van der Waals surface area contributed by atoms with Crippen molar-refractivity contribution in [1.29, 1.82) is 0 Å². The fourth-order valence-electron chi connectivity index (χ4n) is 3.09. The molecular weight excluding hydrogens is 358 g/mol. The van der Waals surface area contributed by atoms with Crippen LogP contribution in [-0.4, -0.2) is 49.3 Å². The molecule has 2 aromatic rings. The highest BCUT2D eigenvalue weighted by molar-refractivity contribution is 7.91. The molecule has 1 saturated heterocycles. The molecule has 1 fully saturated rings. The van der Waals surface area contributed by atoms with Gasteiger partial charge in [-0.2, -0.15) is 0 Å². The largest absolute Gasteiger partial charge is 0.383 e. The number of rotatable bonds is 4. The number of amides is 1. The molecule has 0 bridgehead atoms. The third-order valence-corrected chi connectivity index (χ3v) is 7.71. The Morgan fingerprint density at radius 2 is 1.96 bits per heavy atom. The van der Waals surface area contributed by atoms with Gasteiger partial charge in [0.05, 0.1) is 11.0 Å². The van der Waals surface area contributed by atoms with E-state index < -0.39 is 27.1 Å². The molecule has 1 aliphatic heterocycles. The van der Waals surface area contributed by atoms with Crippen LogP contribution in [0.4, 0.5) is 0 Å². The normalized spacial score (nSPS) is 21.5. The van der Waals surface area contributed by atoms with Crippen LogP contribution in [0.15, 0.2) is 47.8 Å². The minimum atomic E-state index is -3.30. The minimum Gasteiger partial charge on any atom is -0.383 e. The zero-order chi connectivity index (χ0) is 17.9. The lowest BCUT2D eigenvalue weighted by Gasteiger charge is -2.23. The van der Waals surface area contributed by atoms with Gasteiger partial charge in [-0.05, 0) is 23.4 Å². The summed E-state index contributed by atoms with van der Waals surface area (Å²) in [6, 6.07) is 13.0. The van der Waals surface area contributed by atoms with Gasteiger partial charge in [-0.25, -0.2) is 8.42 Å². The van der Waals surface area contributed by atoms with Crippen LogP contribution in [0.3, 0.4) is 0 Å². The van der Waals surface area contributed by atoms with Crippen molar-refractivity contribution < 1.29 is 18.3 Å². The highest BCUT2D eigenvalue weighted by Gasteiger charge is 2.34. The molecule has 0 spiro atoms. The van der Waals surface area contributed by atoms with Crippen LogP contribution in [0.25, 0.3) is 0 Å². The van der Waals surface area contributed by atoms with E-state index in [1.165, 1.54) is 16.2 Å². The summed E-state index contributed by atoms with van der Waals surface area (Å²) in [7, 11) is -3.30. The molecule has 25 heavy (non-hydrogen) atoms. The Morgan fingerprint density at radius 1 is 1.20 bits per heavy atom. The highest BCUT2D eigenvalue weighted by Crippen LogP contribution is 2.32. The lowest BCUT2D eigenvalue weighted by Crippen LogP contribution is -2.41. The molecule has 2 atom stereocenters. The molecule has 2 heterocycles. The zero-order valence-corrected chi connectivity index (χ0v) is 15.4. The van der Waals surface area contributed by atoms with Crippen molar-refractivity contribution in [1.82, 2.24) is 4.90 Å². The van der Waals surface area contributed by atoms with Crippen molar-refractivity contribution in [3.05, 3.63) is 58.3 Å². The first kappa shape index (κ1) is 18.1. The Hall–Kier alpha value is -1.70. The summed E-state index contributed by atoms with van der Waals surface area (Å²) in [5.74, 6) is -0.467. The first-order chi connectivity index (χ1) is 12.0. The minimum absolute atomic E-state index is 0.0701. The summed E-state index contributed by atoms with van der Waals surface area (Å²) in [5, 5.41) is 11.6. The summed E-state index contributed by atoms with van der Waals surface area (Å²) in [6.45, 7) is 0.474. The van der Waals surface area contributed by atoms with Crippen LogP contribution in [-0.2, 0) is 21.1 Å². The standard InChI is InChI=1S/C18H21NO4S2/c20-15(13-14-5-2-1-3-6-14)18(21)19-9-8-17(16-7-4-11-24-16)25(22,23)12-10-19/h1-7,11,15,17,20H,8-10,12-13H2/t15-,17-/m1/s1. The Balaban J connectivity index is 1.68. The molecule has 1 amide bonds. The average Bonchev–Trinajstić information content (AvgIpc) is 3.06. The van der Waals surface area contributed by atoms with Gasteiger partial charge >= 0.3 is 0 Å². The fourth-order valence-corrected chi connectivity index (χ4v) is 6.10. The van der Waals surface area contributed by atoms with Crippen LogP contribution in [0.5, 0.6) is 0 Å². The van der Waals surface area contributed by atoms with Gasteiger partial charge in [0.15, 0.2) is 9.84 Å². The third kappa shape index (κ3) is 4.29. The van der Waals surface area contributed by atoms with Gasteiger partial charge in [0.25, 0.3) is 5.91 Å². The van der Waals surface area contributed by atoms with Crippen molar-refractivity contribution in [2.45, 2.75) is 24.2 Å². The van der Waals surface area contributed by atoms with Crippen molar-refractivity contribution >= 4 is 27.1 Å². The maximum absolute atomic E-state index is 12.5. The lowest BCUT2D eigenvalue weighted by atomic mass is 10.1. The molecule has 3 rings (SSSR count). The highest BCUT2D eigenvalue weighted by atomic mass is 32.2. The van der Waals surface area contributed by atoms with E-state index in [4.69, 9.17) is 0 Å². The molecule has 1 aromatic carbocycles. The lowest BCUT2D eigenvalue weighted by molar-refractivity contribution is -0.139. The maximum Gasteiger partial charge on any atom is 0.251 e. The van der Waals surface area contributed by atoms with Crippen molar-refractivity contribution in [2.24, 2.45) is 0 Å². The van der Waals surface area contributed by atoms with Crippen molar-refractivity contribution in [2.75, 3.05) is 18.8 Å². The van der Waals surface area contributed by atoms with Crippen LogP contribution >= 0.6 is 11.3 Å². The monoisotopic (exact) mass is 379 g/mol. The Labute approximate surface area is 151 Å². The summed E-state index contributed by atoms with van der Waals surface area (Å²) in [4.78, 5) is 14.8. The summed E-state index contributed by atoms with van der Waals surface area (Å²) in [5.41, 5.74) is 0.877. The zero-order valence-electron chi connectivity index (χ0n) is 13.7. The van der Waals surface area contributed by atoms with Gasteiger partial charge in [0.2, 0.25) is 0 Å². The van der Waals surface area contributed by atoms with E-state index in [1.54, 1.807) is 0 Å². The first-order valence-corrected chi connectivity index (χ1v) is 10.8. The second-order valence-electron chi connectivity index (χ2n) is 6.19. The summed E-state index contributed by atoms with van der Waals surface area (Å²) < 4.78 is 25.1. The van der Waals surface area contributed by atoms with Crippen LogP contribution in [0, 0.1) is 0 Å². The molecule has 0 radical (unpaired) electrons. The molecule has 134 valence electrons. The van der Waals surface area contributed by atoms with Crippen LogP contribution < -0.4 is 0 Å². The third-order valence-electron chi connectivity index (χ3n) is 4.47. The van der Waals surface area contributed by atoms with E-state index in [2.05, 4.69) is 0 Å². The second-order valence-corrected chi connectivity index (χ2v) is 9.47. The van der Waals surface area contributed by atoms with Gasteiger partial charge in [0.1, 0.15) is 6.10 Å². The van der Waals surface area contributed by atoms with E-state index >= 15 is 0 Å². The Morgan fingerprint density at radius 3 is 2.64 bits per heavy atom. The van der Waals surface area contributed by atoms with Gasteiger partial charge in [-0.1, -0.05) is 36.4 Å². The van der Waals surface area contributed by atoms with Crippen molar-refractivity contribution in [3.8, 4) is 0 Å². The predicted molar refractivity (Wildman–Crippen MR) is 98.2 cm³/mol. The van der Waals surface area contributed by atoms with Crippen LogP contribution in [0.1, 0.15) is 22.1 Å². The number of hydrogen-bond acceptors (Lipinski definition) is 5. The molecule has 5 nitrogen and oxygen atoms in total. The van der Waals surface area contributed by atoms with Crippen LogP contribution in [0.2, 0.25) is 0 Å². The molecule has 0 unspecified atom stereocenters. The van der Waals surface area contributed by atoms with Gasteiger partial charge < -0.3 is 10.0 Å². The molecule has 1 aromatic heterocycles. The number of carbonyl (C=O) groups excluding carboxylic acids is 1. The van der Waals surface area contributed by atoms with Gasteiger partial charge in [-0.3, -0.25) is 4.79 Å². The Bertz CT molecular complexity index is 803. The predicted octanol–water partition coefficient (Wildman–Crippen LogP) is 2.04. The van der Waals surface area contributed by atoms with Gasteiger partial charge in [0, 0.05) is 24.4 Å². The average molecular weight is 380 g/mol. The number of aliphatic hydroxyl groups excluding tert-OH is 1. The van der Waals surface area contributed by atoms with E-state index in [0.29, 0.717) is 13.0 Å². The number of benzene rings is 1. The smallest absolute Gasteiger partial charge is 0.251 e. The Kier molecular flexibility index (Phi) is 5.56. The summed E-state index contributed by atoms with van der Waals surface area (Å²) >= 11 is 1.43. The molecule has 0 saturated carbocycles. The van der Waals surface area contributed by atoms with E-state index in [-0.39, 0.29) is 18.7 Å². The maximum atomic E-state index is 12.5. The molecule has 1 N–H and O–H groups in total. The van der Waals surface area contributed by atoms with Gasteiger partial charge in [-0.15, -0.1) is 11.3 Å². The SMILES string of the molecule is O=C([C@H](O)Cc1ccccc1)N1CC[C@H](c2cccs2)S(=O)(=O)CC1. The molecule has 7 heteroatoms. The number of thiophene rings is 1. The topological polar surface area (TPSA) is 74.7 Å². The fraction of sp³-hybridized carbons (Fsp3) is 0.389. The number of carbonyl (C=O) groups is 1. The number of aliphatic hydroxyl groups is 1. The van der Waals surface area contributed by atoms with E-state index in [9.17, 15) is 18.3 Å². The molecular formula is C18H21NO4S2. The number of nitrogens with zero attached hydrogens (tertiary/aromatic N) is 1.